The summed E-state index contributed by atoms with van der Waals surface area (Å²) in [6, 6.07) is 7.87. The Bertz CT molecular complexity index is 665. The van der Waals surface area contributed by atoms with Crippen LogP contribution in [0.3, 0.4) is 0 Å². The first-order chi connectivity index (χ1) is 11.7. The van der Waals surface area contributed by atoms with E-state index in [1.54, 1.807) is 0 Å². The van der Waals surface area contributed by atoms with Crippen LogP contribution in [0.4, 0.5) is 5.13 Å². The Morgan fingerprint density at radius 1 is 1.29 bits per heavy atom. The second kappa shape index (κ2) is 8.23. The van der Waals surface area contributed by atoms with E-state index in [1.807, 2.05) is 29.6 Å². The minimum Gasteiger partial charge on any atom is -0.492 e. The van der Waals surface area contributed by atoms with Crippen LogP contribution in [0.15, 0.2) is 29.6 Å². The maximum absolute atomic E-state index is 11.3. The molecular weight excluding hydrogens is 324 g/mol. The molecule has 0 atom stereocenters. The van der Waals surface area contributed by atoms with Gasteiger partial charge in [-0.05, 0) is 50.2 Å². The number of carbonyl (C=O) groups excluding carboxylic acids is 1. The summed E-state index contributed by atoms with van der Waals surface area (Å²) in [7, 11) is 0. The number of aromatic nitrogens is 1. The summed E-state index contributed by atoms with van der Waals surface area (Å²) in [4.78, 5) is 18.1. The minimum atomic E-state index is -0.238. The van der Waals surface area contributed by atoms with Gasteiger partial charge in [-0.25, -0.2) is 4.98 Å². The predicted molar refractivity (Wildman–Crippen MR) is 96.4 cm³/mol. The number of carbonyl (C=O) groups is 1. The zero-order chi connectivity index (χ0) is 16.8. The number of nitrogens with two attached hydrogens (primary N) is 1. The smallest absolute Gasteiger partial charge is 0.239 e. The highest BCUT2D eigenvalue weighted by Crippen LogP contribution is 2.26. The molecule has 0 bridgehead atoms. The fourth-order valence-corrected chi connectivity index (χ4v) is 3.39. The summed E-state index contributed by atoms with van der Waals surface area (Å²) in [6.45, 7) is 4.03. The van der Waals surface area contributed by atoms with E-state index in [0.717, 1.165) is 23.6 Å². The monoisotopic (exact) mass is 346 g/mol. The van der Waals surface area contributed by atoms with Crippen molar-refractivity contribution < 1.29 is 9.53 Å². The number of ether oxygens (including phenoxy) is 1. The van der Waals surface area contributed by atoms with E-state index in [1.165, 1.54) is 37.3 Å². The quantitative estimate of drug-likeness (QED) is 0.803. The molecule has 0 saturated carbocycles. The van der Waals surface area contributed by atoms with Crippen LogP contribution in [0.25, 0.3) is 11.3 Å². The van der Waals surface area contributed by atoms with E-state index in [-0.39, 0.29) is 12.5 Å². The molecule has 1 aromatic carbocycles. The van der Waals surface area contributed by atoms with E-state index in [0.29, 0.717) is 11.7 Å². The van der Waals surface area contributed by atoms with Gasteiger partial charge in [0.2, 0.25) is 5.91 Å². The van der Waals surface area contributed by atoms with Gasteiger partial charge in [0.15, 0.2) is 5.13 Å². The Hall–Kier alpha value is -1.96. The number of nitrogens with zero attached hydrogens (tertiary/aromatic N) is 2. The fourth-order valence-electron chi connectivity index (χ4n) is 2.65. The first-order valence-corrected chi connectivity index (χ1v) is 9.03. The number of hydrogen-bond acceptors (Lipinski definition) is 6. The van der Waals surface area contributed by atoms with Crippen molar-refractivity contribution in [2.24, 2.45) is 5.73 Å². The lowest BCUT2D eigenvalue weighted by Gasteiger charge is -2.14. The number of likely N-dealkylation sites (tertiary alicyclic amines) is 1. The molecule has 0 spiro atoms. The lowest BCUT2D eigenvalue weighted by Crippen LogP contribution is -2.25. The standard InChI is InChI=1S/C17H22N4O2S/c18-11-16(22)20-17-19-15(12-24-17)13-3-5-14(6-4-13)23-10-9-21-7-1-2-8-21/h3-6,12H,1-2,7-11,18H2,(H,19,20,22). The highest BCUT2D eigenvalue weighted by molar-refractivity contribution is 7.14. The van der Waals surface area contributed by atoms with Gasteiger partial charge in [0.25, 0.3) is 0 Å². The van der Waals surface area contributed by atoms with Crippen LogP contribution in [0.2, 0.25) is 0 Å². The van der Waals surface area contributed by atoms with Gasteiger partial charge in [-0.15, -0.1) is 11.3 Å². The molecule has 1 fully saturated rings. The maximum Gasteiger partial charge on any atom is 0.239 e. The largest absolute Gasteiger partial charge is 0.492 e. The highest BCUT2D eigenvalue weighted by Gasteiger charge is 2.11. The van der Waals surface area contributed by atoms with Crippen molar-refractivity contribution in [1.29, 1.82) is 0 Å². The number of nitrogens with one attached hydrogen (secondary N) is 1. The van der Waals surface area contributed by atoms with Crippen LogP contribution in [0.1, 0.15) is 12.8 Å². The van der Waals surface area contributed by atoms with E-state index in [2.05, 4.69) is 15.2 Å². The molecule has 1 aromatic heterocycles. The summed E-state index contributed by atoms with van der Waals surface area (Å²) in [6.07, 6.45) is 2.60. The zero-order valence-corrected chi connectivity index (χ0v) is 14.3. The molecule has 128 valence electrons. The number of amides is 1. The Morgan fingerprint density at radius 2 is 2.04 bits per heavy atom. The van der Waals surface area contributed by atoms with Crippen molar-refractivity contribution in [2.45, 2.75) is 12.8 Å². The van der Waals surface area contributed by atoms with E-state index in [4.69, 9.17) is 10.5 Å². The molecule has 1 aliphatic rings. The zero-order valence-electron chi connectivity index (χ0n) is 13.5. The topological polar surface area (TPSA) is 80.5 Å². The molecule has 6 nitrogen and oxygen atoms in total. The molecule has 3 rings (SSSR count). The molecular formula is C17H22N4O2S. The maximum atomic E-state index is 11.3. The number of thiazole rings is 1. The third-order valence-corrected chi connectivity index (χ3v) is 4.72. The summed E-state index contributed by atoms with van der Waals surface area (Å²) in [5, 5.41) is 5.14. The number of benzene rings is 1. The van der Waals surface area contributed by atoms with Gasteiger partial charge in [0.1, 0.15) is 12.4 Å². The Balaban J connectivity index is 1.53. The van der Waals surface area contributed by atoms with E-state index in [9.17, 15) is 4.79 Å². The first kappa shape index (κ1) is 16.9. The number of anilines is 1. The Labute approximate surface area is 145 Å². The fraction of sp³-hybridized carbons (Fsp3) is 0.412. The minimum absolute atomic E-state index is 0.0433. The highest BCUT2D eigenvalue weighted by atomic mass is 32.1. The summed E-state index contributed by atoms with van der Waals surface area (Å²) < 4.78 is 5.80. The molecule has 2 heterocycles. The van der Waals surface area contributed by atoms with E-state index >= 15 is 0 Å². The Kier molecular flexibility index (Phi) is 5.79. The molecule has 0 radical (unpaired) electrons. The van der Waals surface area contributed by atoms with Gasteiger partial charge in [0.05, 0.1) is 12.2 Å². The third kappa shape index (κ3) is 4.53. The molecule has 1 amide bonds. The normalized spacial score (nSPS) is 14.7. The Morgan fingerprint density at radius 3 is 2.75 bits per heavy atom. The van der Waals surface area contributed by atoms with Crippen molar-refractivity contribution in [3.63, 3.8) is 0 Å². The van der Waals surface area contributed by atoms with Crippen LogP contribution in [0, 0.1) is 0 Å². The van der Waals surface area contributed by atoms with Gasteiger partial charge in [-0.3, -0.25) is 9.69 Å². The van der Waals surface area contributed by atoms with Crippen molar-refractivity contribution in [3.05, 3.63) is 29.6 Å². The molecule has 2 aromatic rings. The molecule has 7 heteroatoms. The SMILES string of the molecule is NCC(=O)Nc1nc(-c2ccc(OCCN3CCCC3)cc2)cs1. The average molecular weight is 346 g/mol. The lowest BCUT2D eigenvalue weighted by molar-refractivity contribution is -0.114. The van der Waals surface area contributed by atoms with Crippen LogP contribution in [-0.2, 0) is 4.79 Å². The third-order valence-electron chi connectivity index (χ3n) is 3.96. The summed E-state index contributed by atoms with van der Waals surface area (Å²) in [5.41, 5.74) is 7.10. The van der Waals surface area contributed by atoms with Crippen molar-refractivity contribution in [1.82, 2.24) is 9.88 Å². The number of hydrogen-bond donors (Lipinski definition) is 2. The molecule has 0 unspecified atom stereocenters. The van der Waals surface area contributed by atoms with Crippen molar-refractivity contribution in [2.75, 3.05) is 38.1 Å². The second-order valence-electron chi connectivity index (χ2n) is 5.71. The lowest BCUT2D eigenvalue weighted by atomic mass is 10.2. The van der Waals surface area contributed by atoms with Crippen LogP contribution < -0.4 is 15.8 Å². The molecule has 1 saturated heterocycles. The summed E-state index contributed by atoms with van der Waals surface area (Å²) >= 11 is 1.38. The van der Waals surface area contributed by atoms with Crippen molar-refractivity contribution in [3.8, 4) is 17.0 Å². The molecule has 24 heavy (non-hydrogen) atoms. The molecule has 0 aliphatic carbocycles. The van der Waals surface area contributed by atoms with Crippen LogP contribution in [-0.4, -0.2) is 48.6 Å². The second-order valence-corrected chi connectivity index (χ2v) is 6.57. The predicted octanol–water partition coefficient (Wildman–Crippen LogP) is 2.18. The van der Waals surface area contributed by atoms with Gasteiger partial charge in [-0.1, -0.05) is 0 Å². The average Bonchev–Trinajstić information content (AvgIpc) is 3.27. The molecule has 1 aliphatic heterocycles. The van der Waals surface area contributed by atoms with Gasteiger partial charge in [-0.2, -0.15) is 0 Å². The number of rotatable bonds is 7. The van der Waals surface area contributed by atoms with Gasteiger partial charge >= 0.3 is 0 Å². The van der Waals surface area contributed by atoms with Crippen LogP contribution >= 0.6 is 11.3 Å². The van der Waals surface area contributed by atoms with Gasteiger partial charge < -0.3 is 15.8 Å². The van der Waals surface area contributed by atoms with Gasteiger partial charge in [0, 0.05) is 17.5 Å². The van der Waals surface area contributed by atoms with E-state index < -0.39 is 0 Å². The van der Waals surface area contributed by atoms with Crippen LogP contribution in [0.5, 0.6) is 5.75 Å². The van der Waals surface area contributed by atoms with Crippen molar-refractivity contribution >= 4 is 22.4 Å². The molecule has 3 N–H and O–H groups in total. The summed E-state index contributed by atoms with van der Waals surface area (Å²) in [5.74, 6) is 0.627. The first-order valence-electron chi connectivity index (χ1n) is 8.15.